The molecule has 0 bridgehead atoms. The van der Waals surface area contributed by atoms with Crippen LogP contribution in [0.15, 0.2) is 11.1 Å². The van der Waals surface area contributed by atoms with Gasteiger partial charge < -0.3 is 14.7 Å². The molecule has 1 aliphatic heterocycles. The number of rotatable bonds is 2. The molecule has 0 saturated carbocycles. The molecule has 2 aliphatic rings. The molecule has 0 aromatic heterocycles. The van der Waals surface area contributed by atoms with E-state index in [1.807, 2.05) is 6.92 Å². The number of allylic oxidation sites excluding steroid dienone is 1. The summed E-state index contributed by atoms with van der Waals surface area (Å²) in [5.74, 6) is -1.01. The highest BCUT2D eigenvalue weighted by Crippen LogP contribution is 2.28. The largest absolute Gasteiger partial charge is 0.479 e. The standard InChI is InChI=1S/C13H19NO4/c1-8-4-3-5-10(8)12(15)14-6-9(2)18-11(7-14)13(16)17/h9,11H,3-7H2,1-2H3,(H,16,17)/t9-,11?/m1/s1. The summed E-state index contributed by atoms with van der Waals surface area (Å²) in [5, 5.41) is 9.00. The lowest BCUT2D eigenvalue weighted by molar-refractivity contribution is -0.165. The van der Waals surface area contributed by atoms with E-state index < -0.39 is 12.1 Å². The van der Waals surface area contributed by atoms with Crippen LogP contribution in [-0.2, 0) is 14.3 Å². The Kier molecular flexibility index (Phi) is 3.71. The highest BCUT2D eigenvalue weighted by Gasteiger charge is 2.34. The third kappa shape index (κ3) is 2.56. The molecule has 0 spiro atoms. The summed E-state index contributed by atoms with van der Waals surface area (Å²) >= 11 is 0. The molecular weight excluding hydrogens is 234 g/mol. The average Bonchev–Trinajstić information content (AvgIpc) is 2.73. The van der Waals surface area contributed by atoms with Crippen molar-refractivity contribution in [3.63, 3.8) is 0 Å². The summed E-state index contributed by atoms with van der Waals surface area (Å²) in [7, 11) is 0. The van der Waals surface area contributed by atoms with Crippen LogP contribution in [0.25, 0.3) is 0 Å². The lowest BCUT2D eigenvalue weighted by Crippen LogP contribution is -2.52. The molecule has 1 aliphatic carbocycles. The van der Waals surface area contributed by atoms with Crippen molar-refractivity contribution in [1.29, 1.82) is 0 Å². The maximum atomic E-state index is 12.3. The van der Waals surface area contributed by atoms with Gasteiger partial charge in [-0.3, -0.25) is 4.79 Å². The Morgan fingerprint density at radius 3 is 2.61 bits per heavy atom. The normalized spacial score (nSPS) is 28.7. The van der Waals surface area contributed by atoms with Crippen molar-refractivity contribution in [2.24, 2.45) is 0 Å². The number of ether oxygens (including phenoxy) is 1. The summed E-state index contributed by atoms with van der Waals surface area (Å²) in [6, 6.07) is 0. The second-order valence-corrected chi connectivity index (χ2v) is 5.10. The van der Waals surface area contributed by atoms with E-state index in [-0.39, 0.29) is 18.6 Å². The molecule has 0 aromatic carbocycles. The van der Waals surface area contributed by atoms with Crippen molar-refractivity contribution in [3.05, 3.63) is 11.1 Å². The summed E-state index contributed by atoms with van der Waals surface area (Å²) in [6.45, 7) is 4.40. The monoisotopic (exact) mass is 253 g/mol. The van der Waals surface area contributed by atoms with Crippen LogP contribution in [0.2, 0.25) is 0 Å². The molecule has 0 radical (unpaired) electrons. The second-order valence-electron chi connectivity index (χ2n) is 5.10. The van der Waals surface area contributed by atoms with Gasteiger partial charge in [-0.2, -0.15) is 0 Å². The minimum atomic E-state index is -1.00. The number of hydrogen-bond donors (Lipinski definition) is 1. The summed E-state index contributed by atoms with van der Waals surface area (Å²) in [6.07, 6.45) is 1.68. The van der Waals surface area contributed by atoms with Gasteiger partial charge >= 0.3 is 5.97 Å². The van der Waals surface area contributed by atoms with E-state index in [2.05, 4.69) is 0 Å². The van der Waals surface area contributed by atoms with Crippen molar-refractivity contribution < 1.29 is 19.4 Å². The Hall–Kier alpha value is -1.36. The number of amides is 1. The van der Waals surface area contributed by atoms with E-state index in [9.17, 15) is 9.59 Å². The summed E-state index contributed by atoms with van der Waals surface area (Å²) in [4.78, 5) is 24.9. The number of morpholine rings is 1. The number of hydrogen-bond acceptors (Lipinski definition) is 3. The maximum Gasteiger partial charge on any atom is 0.334 e. The van der Waals surface area contributed by atoms with Gasteiger partial charge in [0, 0.05) is 12.1 Å². The van der Waals surface area contributed by atoms with Gasteiger partial charge in [0.15, 0.2) is 6.10 Å². The van der Waals surface area contributed by atoms with Gasteiger partial charge in [0.2, 0.25) is 5.91 Å². The zero-order valence-electron chi connectivity index (χ0n) is 10.8. The lowest BCUT2D eigenvalue weighted by atomic mass is 10.1. The average molecular weight is 253 g/mol. The Bertz CT molecular complexity index is 402. The fourth-order valence-electron chi connectivity index (χ4n) is 2.63. The Morgan fingerprint density at radius 2 is 2.06 bits per heavy atom. The first-order valence-corrected chi connectivity index (χ1v) is 6.35. The van der Waals surface area contributed by atoms with Crippen molar-refractivity contribution in [3.8, 4) is 0 Å². The number of carbonyl (C=O) groups excluding carboxylic acids is 1. The molecular formula is C13H19NO4. The zero-order chi connectivity index (χ0) is 13.3. The van der Waals surface area contributed by atoms with Crippen molar-refractivity contribution in [1.82, 2.24) is 4.90 Å². The molecule has 1 amide bonds. The van der Waals surface area contributed by atoms with Crippen molar-refractivity contribution >= 4 is 11.9 Å². The summed E-state index contributed by atoms with van der Waals surface area (Å²) in [5.41, 5.74) is 2.01. The highest BCUT2D eigenvalue weighted by molar-refractivity contribution is 5.95. The molecule has 1 heterocycles. The molecule has 0 aromatic rings. The van der Waals surface area contributed by atoms with Gasteiger partial charge in [0.25, 0.3) is 0 Å². The predicted octanol–water partition coefficient (Wildman–Crippen LogP) is 1.19. The van der Waals surface area contributed by atoms with Crippen LogP contribution in [0.5, 0.6) is 0 Å². The zero-order valence-corrected chi connectivity index (χ0v) is 10.8. The number of carboxylic acids is 1. The van der Waals surface area contributed by atoms with Gasteiger partial charge in [0.1, 0.15) is 0 Å². The predicted molar refractivity (Wildman–Crippen MR) is 65.1 cm³/mol. The molecule has 5 nitrogen and oxygen atoms in total. The highest BCUT2D eigenvalue weighted by atomic mass is 16.5. The Balaban J connectivity index is 2.10. The van der Waals surface area contributed by atoms with E-state index in [4.69, 9.17) is 9.84 Å². The maximum absolute atomic E-state index is 12.3. The number of aliphatic carboxylic acids is 1. The van der Waals surface area contributed by atoms with E-state index >= 15 is 0 Å². The van der Waals surface area contributed by atoms with Crippen LogP contribution in [0.1, 0.15) is 33.1 Å². The van der Waals surface area contributed by atoms with Crippen molar-refractivity contribution in [2.45, 2.75) is 45.3 Å². The minimum Gasteiger partial charge on any atom is -0.479 e. The van der Waals surface area contributed by atoms with Crippen LogP contribution < -0.4 is 0 Å². The molecule has 5 heteroatoms. The van der Waals surface area contributed by atoms with Crippen molar-refractivity contribution in [2.75, 3.05) is 13.1 Å². The van der Waals surface area contributed by atoms with Gasteiger partial charge in [-0.05, 0) is 33.1 Å². The van der Waals surface area contributed by atoms with Gasteiger partial charge in [-0.25, -0.2) is 4.79 Å². The smallest absolute Gasteiger partial charge is 0.334 e. The fourth-order valence-corrected chi connectivity index (χ4v) is 2.63. The SMILES string of the molecule is CC1=C(C(=O)N2CC(C(=O)O)O[C@H](C)C2)CCC1. The van der Waals surface area contributed by atoms with Crippen LogP contribution in [-0.4, -0.2) is 47.2 Å². The van der Waals surface area contributed by atoms with Crippen LogP contribution >= 0.6 is 0 Å². The first-order chi connectivity index (χ1) is 8.49. The van der Waals surface area contributed by atoms with Gasteiger partial charge in [-0.15, -0.1) is 0 Å². The van der Waals surface area contributed by atoms with Crippen LogP contribution in [0.3, 0.4) is 0 Å². The third-order valence-corrected chi connectivity index (χ3v) is 3.57. The fraction of sp³-hybridized carbons (Fsp3) is 0.692. The lowest BCUT2D eigenvalue weighted by Gasteiger charge is -2.35. The molecule has 2 rings (SSSR count). The van der Waals surface area contributed by atoms with Crippen LogP contribution in [0.4, 0.5) is 0 Å². The van der Waals surface area contributed by atoms with E-state index in [0.29, 0.717) is 6.54 Å². The second kappa shape index (κ2) is 5.10. The summed E-state index contributed by atoms with van der Waals surface area (Å²) < 4.78 is 5.31. The number of carboxylic acid groups (broad SMARTS) is 1. The van der Waals surface area contributed by atoms with E-state index in [0.717, 1.165) is 30.4 Å². The first-order valence-electron chi connectivity index (χ1n) is 6.35. The number of carbonyl (C=O) groups is 2. The first kappa shape index (κ1) is 13.1. The molecule has 2 atom stereocenters. The Labute approximate surface area is 106 Å². The molecule has 1 fully saturated rings. The Morgan fingerprint density at radius 1 is 1.33 bits per heavy atom. The number of nitrogens with zero attached hydrogens (tertiary/aromatic N) is 1. The molecule has 18 heavy (non-hydrogen) atoms. The van der Waals surface area contributed by atoms with E-state index in [1.54, 1.807) is 11.8 Å². The molecule has 100 valence electrons. The topological polar surface area (TPSA) is 66.8 Å². The van der Waals surface area contributed by atoms with Gasteiger partial charge in [0.05, 0.1) is 12.6 Å². The van der Waals surface area contributed by atoms with Crippen LogP contribution in [0, 0.1) is 0 Å². The minimum absolute atomic E-state index is 0.00796. The molecule has 1 saturated heterocycles. The van der Waals surface area contributed by atoms with E-state index in [1.165, 1.54) is 0 Å². The molecule has 1 N–H and O–H groups in total. The third-order valence-electron chi connectivity index (χ3n) is 3.57. The van der Waals surface area contributed by atoms with Gasteiger partial charge in [-0.1, -0.05) is 5.57 Å². The quantitative estimate of drug-likeness (QED) is 0.802. The molecule has 1 unspecified atom stereocenters.